The summed E-state index contributed by atoms with van der Waals surface area (Å²) in [6.45, 7) is 2.64. The van der Waals surface area contributed by atoms with Crippen molar-refractivity contribution < 1.29 is 9.53 Å². The van der Waals surface area contributed by atoms with Gasteiger partial charge in [0.15, 0.2) is 0 Å². The zero-order valence-corrected chi connectivity index (χ0v) is 15.3. The fourth-order valence-electron chi connectivity index (χ4n) is 4.16. The fourth-order valence-corrected chi connectivity index (χ4v) is 4.16. The lowest BCUT2D eigenvalue weighted by molar-refractivity contribution is -0.126. The van der Waals surface area contributed by atoms with E-state index >= 15 is 0 Å². The summed E-state index contributed by atoms with van der Waals surface area (Å²) in [7, 11) is 1.73. The van der Waals surface area contributed by atoms with E-state index in [0.717, 1.165) is 51.1 Å². The Labute approximate surface area is 151 Å². The van der Waals surface area contributed by atoms with Gasteiger partial charge in [0.05, 0.1) is 7.11 Å². The molecule has 134 valence electrons. The van der Waals surface area contributed by atoms with Crippen LogP contribution >= 0.6 is 12.4 Å². The lowest BCUT2D eigenvalue weighted by atomic mass is 9.78. The van der Waals surface area contributed by atoms with Crippen molar-refractivity contribution in [1.29, 1.82) is 0 Å². The maximum atomic E-state index is 12.5. The van der Waals surface area contributed by atoms with Crippen LogP contribution in [0.4, 0.5) is 0 Å². The lowest BCUT2D eigenvalue weighted by Crippen LogP contribution is -2.44. The normalized spacial score (nSPS) is 20.2. The van der Waals surface area contributed by atoms with E-state index in [2.05, 4.69) is 22.8 Å². The molecule has 0 unspecified atom stereocenters. The molecule has 1 heterocycles. The molecule has 0 aromatic heterocycles. The van der Waals surface area contributed by atoms with Crippen LogP contribution in [0.1, 0.15) is 44.1 Å². The Morgan fingerprint density at radius 1 is 1.25 bits per heavy atom. The predicted octanol–water partition coefficient (Wildman–Crippen LogP) is 3.04. The van der Waals surface area contributed by atoms with Crippen LogP contribution in [0.5, 0.6) is 5.75 Å². The molecule has 3 rings (SSSR count). The lowest BCUT2D eigenvalue weighted by Gasteiger charge is -2.32. The summed E-state index contributed by atoms with van der Waals surface area (Å²) in [5, 5.41) is 6.58. The van der Waals surface area contributed by atoms with Gasteiger partial charge in [-0.3, -0.25) is 4.79 Å². The molecule has 1 aliphatic heterocycles. The minimum Gasteiger partial charge on any atom is -0.496 e. The van der Waals surface area contributed by atoms with Gasteiger partial charge in [0.2, 0.25) is 5.91 Å². The largest absolute Gasteiger partial charge is 0.496 e. The van der Waals surface area contributed by atoms with Gasteiger partial charge in [-0.05, 0) is 44.8 Å². The van der Waals surface area contributed by atoms with Gasteiger partial charge in [0.25, 0.3) is 0 Å². The van der Waals surface area contributed by atoms with Crippen LogP contribution in [0.2, 0.25) is 0 Å². The van der Waals surface area contributed by atoms with E-state index in [9.17, 15) is 4.79 Å². The molecule has 1 aromatic carbocycles. The molecule has 24 heavy (non-hydrogen) atoms. The maximum Gasteiger partial charge on any atom is 0.223 e. The van der Waals surface area contributed by atoms with E-state index in [1.807, 2.05) is 12.1 Å². The SMILES string of the molecule is COc1ccccc1C1(CNC(=O)C2CCNCC2)CCCC1.Cl. The molecule has 1 saturated carbocycles. The molecule has 2 N–H and O–H groups in total. The third kappa shape index (κ3) is 4.04. The van der Waals surface area contributed by atoms with E-state index in [1.165, 1.54) is 18.4 Å². The first-order chi connectivity index (χ1) is 11.2. The number of halogens is 1. The first-order valence-electron chi connectivity index (χ1n) is 8.87. The van der Waals surface area contributed by atoms with Crippen molar-refractivity contribution in [2.45, 2.75) is 43.9 Å². The standard InChI is InChI=1S/C19H28N2O2.ClH/c1-23-17-7-3-2-6-16(17)19(10-4-5-11-19)14-21-18(22)15-8-12-20-13-9-15;/h2-3,6-7,15,20H,4-5,8-14H2,1H3,(H,21,22);1H. The van der Waals surface area contributed by atoms with Crippen molar-refractivity contribution in [3.8, 4) is 5.75 Å². The zero-order chi connectivity index (χ0) is 16.1. The van der Waals surface area contributed by atoms with Gasteiger partial charge in [-0.1, -0.05) is 31.0 Å². The number of carbonyl (C=O) groups is 1. The highest BCUT2D eigenvalue weighted by atomic mass is 35.5. The number of hydrogen-bond donors (Lipinski definition) is 2. The molecular weight excluding hydrogens is 324 g/mol. The van der Waals surface area contributed by atoms with Gasteiger partial charge in [-0.15, -0.1) is 12.4 Å². The molecule has 2 aliphatic rings. The molecule has 1 aromatic rings. The first-order valence-corrected chi connectivity index (χ1v) is 8.87. The van der Waals surface area contributed by atoms with E-state index in [4.69, 9.17) is 4.74 Å². The number of piperidine rings is 1. The van der Waals surface area contributed by atoms with Crippen LogP contribution in [-0.4, -0.2) is 32.7 Å². The number of rotatable bonds is 5. The Morgan fingerprint density at radius 2 is 1.92 bits per heavy atom. The molecule has 1 amide bonds. The number of benzene rings is 1. The fraction of sp³-hybridized carbons (Fsp3) is 0.632. The van der Waals surface area contributed by atoms with Crippen molar-refractivity contribution >= 4 is 18.3 Å². The zero-order valence-electron chi connectivity index (χ0n) is 14.5. The Hall–Kier alpha value is -1.26. The third-order valence-electron chi connectivity index (χ3n) is 5.55. The molecule has 0 bridgehead atoms. The molecule has 1 saturated heterocycles. The monoisotopic (exact) mass is 352 g/mol. The van der Waals surface area contributed by atoms with E-state index in [0.29, 0.717) is 0 Å². The Morgan fingerprint density at radius 3 is 2.58 bits per heavy atom. The van der Waals surface area contributed by atoms with Crippen LogP contribution in [-0.2, 0) is 10.2 Å². The number of amides is 1. The van der Waals surface area contributed by atoms with Crippen molar-refractivity contribution in [3.05, 3.63) is 29.8 Å². The average molecular weight is 353 g/mol. The molecule has 0 spiro atoms. The van der Waals surface area contributed by atoms with Gasteiger partial charge < -0.3 is 15.4 Å². The van der Waals surface area contributed by atoms with Crippen LogP contribution in [0.25, 0.3) is 0 Å². The minimum absolute atomic E-state index is 0. The predicted molar refractivity (Wildman–Crippen MR) is 99.0 cm³/mol. The van der Waals surface area contributed by atoms with Gasteiger partial charge in [0, 0.05) is 23.4 Å². The summed E-state index contributed by atoms with van der Waals surface area (Å²) in [4.78, 5) is 12.5. The Bertz CT molecular complexity index is 538. The number of para-hydroxylation sites is 1. The minimum atomic E-state index is 0. The van der Waals surface area contributed by atoms with Crippen molar-refractivity contribution in [1.82, 2.24) is 10.6 Å². The molecule has 0 atom stereocenters. The topological polar surface area (TPSA) is 50.4 Å². The van der Waals surface area contributed by atoms with Gasteiger partial charge in [-0.25, -0.2) is 0 Å². The summed E-state index contributed by atoms with van der Waals surface area (Å²) in [5.74, 6) is 1.35. The molecule has 2 fully saturated rings. The molecule has 5 heteroatoms. The van der Waals surface area contributed by atoms with E-state index in [1.54, 1.807) is 7.11 Å². The molecule has 4 nitrogen and oxygen atoms in total. The summed E-state index contributed by atoms with van der Waals surface area (Å²) in [5.41, 5.74) is 1.29. The van der Waals surface area contributed by atoms with Crippen molar-refractivity contribution in [2.24, 2.45) is 5.92 Å². The highest BCUT2D eigenvalue weighted by Gasteiger charge is 2.38. The van der Waals surface area contributed by atoms with Crippen LogP contribution in [0.3, 0.4) is 0 Å². The summed E-state index contributed by atoms with van der Waals surface area (Å²) >= 11 is 0. The van der Waals surface area contributed by atoms with Crippen LogP contribution in [0, 0.1) is 5.92 Å². The van der Waals surface area contributed by atoms with Crippen LogP contribution < -0.4 is 15.4 Å². The summed E-state index contributed by atoms with van der Waals surface area (Å²) in [6, 6.07) is 8.29. The quantitative estimate of drug-likeness (QED) is 0.856. The van der Waals surface area contributed by atoms with Gasteiger partial charge in [0.1, 0.15) is 5.75 Å². The highest BCUT2D eigenvalue weighted by molar-refractivity contribution is 5.85. The summed E-state index contributed by atoms with van der Waals surface area (Å²) in [6.07, 6.45) is 6.60. The number of ether oxygens (including phenoxy) is 1. The number of hydrogen-bond acceptors (Lipinski definition) is 3. The molecular formula is C19H29ClN2O2. The highest BCUT2D eigenvalue weighted by Crippen LogP contribution is 2.44. The molecule has 0 radical (unpaired) electrons. The Kier molecular flexibility index (Phi) is 6.93. The van der Waals surface area contributed by atoms with Crippen molar-refractivity contribution in [3.63, 3.8) is 0 Å². The number of nitrogens with one attached hydrogen (secondary N) is 2. The Balaban J connectivity index is 0.00000208. The van der Waals surface area contributed by atoms with E-state index < -0.39 is 0 Å². The van der Waals surface area contributed by atoms with Gasteiger partial charge >= 0.3 is 0 Å². The second-order valence-electron chi connectivity index (χ2n) is 6.93. The van der Waals surface area contributed by atoms with E-state index in [-0.39, 0.29) is 29.6 Å². The maximum absolute atomic E-state index is 12.5. The second kappa shape index (κ2) is 8.72. The van der Waals surface area contributed by atoms with Gasteiger partial charge in [-0.2, -0.15) is 0 Å². The molecule has 1 aliphatic carbocycles. The summed E-state index contributed by atoms with van der Waals surface area (Å²) < 4.78 is 5.58. The average Bonchev–Trinajstić information content (AvgIpc) is 3.10. The van der Waals surface area contributed by atoms with Crippen molar-refractivity contribution in [2.75, 3.05) is 26.7 Å². The smallest absolute Gasteiger partial charge is 0.223 e. The third-order valence-corrected chi connectivity index (χ3v) is 5.55. The number of methoxy groups -OCH3 is 1. The second-order valence-corrected chi connectivity index (χ2v) is 6.93. The number of carbonyl (C=O) groups excluding carboxylic acids is 1. The van der Waals surface area contributed by atoms with Crippen LogP contribution in [0.15, 0.2) is 24.3 Å². The first kappa shape index (κ1) is 19.1.